The maximum Gasteiger partial charge on any atom is 0.123 e. The Balaban J connectivity index is 0.000000140. The van der Waals surface area contributed by atoms with Gasteiger partial charge in [0.25, 0.3) is 0 Å². The van der Waals surface area contributed by atoms with Crippen molar-refractivity contribution in [3.05, 3.63) is 48.9 Å². The summed E-state index contributed by atoms with van der Waals surface area (Å²) in [5.74, 6) is 0.572. The number of nitrogens with zero attached hydrogens (tertiary/aromatic N) is 2. The number of pyridine rings is 2. The minimum absolute atomic E-state index is 0.572. The minimum Gasteiger partial charge on any atom is -0.399 e. The highest BCUT2D eigenvalue weighted by Gasteiger charge is 1.74. The third-order valence-electron chi connectivity index (χ3n) is 1.39. The molecule has 14 heavy (non-hydrogen) atoms. The van der Waals surface area contributed by atoms with Gasteiger partial charge < -0.3 is 11.5 Å². The molecule has 2 rings (SSSR count). The van der Waals surface area contributed by atoms with Gasteiger partial charge >= 0.3 is 0 Å². The second-order valence-corrected chi connectivity index (χ2v) is 2.54. The summed E-state index contributed by atoms with van der Waals surface area (Å²) in [5, 5.41) is 0. The number of anilines is 2. The highest BCUT2D eigenvalue weighted by Crippen LogP contribution is 1.92. The molecule has 0 saturated heterocycles. The minimum atomic E-state index is 0.572. The van der Waals surface area contributed by atoms with Crippen LogP contribution < -0.4 is 11.5 Å². The van der Waals surface area contributed by atoms with E-state index in [1.807, 2.05) is 12.1 Å². The molecule has 0 fully saturated rings. The molecule has 2 aromatic rings. The number of hydrogen-bond donors (Lipinski definition) is 2. The van der Waals surface area contributed by atoms with Crippen molar-refractivity contribution in [2.24, 2.45) is 0 Å². The van der Waals surface area contributed by atoms with Crippen molar-refractivity contribution in [2.45, 2.75) is 0 Å². The van der Waals surface area contributed by atoms with Crippen LogP contribution in [-0.4, -0.2) is 9.97 Å². The molecule has 0 aromatic carbocycles. The molecule has 0 radical (unpaired) electrons. The summed E-state index contributed by atoms with van der Waals surface area (Å²) in [6.45, 7) is 0. The first kappa shape index (κ1) is 9.98. The second-order valence-electron chi connectivity index (χ2n) is 2.54. The SMILES string of the molecule is Nc1ccccn1.Nc1ccncc1. The third kappa shape index (κ3) is 4.06. The Morgan fingerprint density at radius 3 is 1.86 bits per heavy atom. The number of rotatable bonds is 0. The van der Waals surface area contributed by atoms with Crippen LogP contribution in [0.25, 0.3) is 0 Å². The molecule has 4 nitrogen and oxygen atoms in total. The van der Waals surface area contributed by atoms with Gasteiger partial charge in [0.05, 0.1) is 0 Å². The molecule has 0 bridgehead atoms. The Kier molecular flexibility index (Phi) is 3.94. The predicted molar refractivity (Wildman–Crippen MR) is 57.3 cm³/mol. The molecule has 0 spiro atoms. The molecule has 0 atom stereocenters. The fourth-order valence-electron chi connectivity index (χ4n) is 0.739. The van der Waals surface area contributed by atoms with Crippen LogP contribution in [0.4, 0.5) is 11.5 Å². The molecule has 4 N–H and O–H groups in total. The molecule has 0 aliphatic heterocycles. The van der Waals surface area contributed by atoms with Gasteiger partial charge in [0.1, 0.15) is 5.82 Å². The summed E-state index contributed by atoms with van der Waals surface area (Å²) in [7, 11) is 0. The first-order chi connectivity index (χ1) is 6.79. The molecule has 4 heteroatoms. The van der Waals surface area contributed by atoms with E-state index in [4.69, 9.17) is 11.5 Å². The zero-order valence-corrected chi connectivity index (χ0v) is 7.67. The molecule has 0 amide bonds. The lowest BCUT2D eigenvalue weighted by atomic mass is 10.4. The van der Waals surface area contributed by atoms with Crippen LogP contribution in [0.3, 0.4) is 0 Å². The van der Waals surface area contributed by atoms with Gasteiger partial charge in [-0.25, -0.2) is 4.98 Å². The first-order valence-corrected chi connectivity index (χ1v) is 4.11. The highest BCUT2D eigenvalue weighted by atomic mass is 14.8. The number of nitrogen functional groups attached to an aromatic ring is 2. The Bertz CT molecular complexity index is 310. The lowest BCUT2D eigenvalue weighted by Crippen LogP contribution is -1.85. The third-order valence-corrected chi connectivity index (χ3v) is 1.39. The quantitative estimate of drug-likeness (QED) is 0.653. The van der Waals surface area contributed by atoms with Crippen molar-refractivity contribution >= 4 is 11.5 Å². The number of hydrogen-bond acceptors (Lipinski definition) is 4. The van der Waals surface area contributed by atoms with Gasteiger partial charge in [-0.2, -0.15) is 0 Å². The maximum atomic E-state index is 5.32. The second kappa shape index (κ2) is 5.53. The monoisotopic (exact) mass is 188 g/mol. The van der Waals surface area contributed by atoms with E-state index in [0.717, 1.165) is 5.69 Å². The summed E-state index contributed by atoms with van der Waals surface area (Å²) >= 11 is 0. The molecule has 2 aromatic heterocycles. The van der Waals surface area contributed by atoms with Gasteiger partial charge in [0, 0.05) is 24.3 Å². The fourth-order valence-corrected chi connectivity index (χ4v) is 0.739. The Morgan fingerprint density at radius 2 is 1.57 bits per heavy atom. The van der Waals surface area contributed by atoms with Crippen LogP contribution >= 0.6 is 0 Å². The van der Waals surface area contributed by atoms with E-state index in [2.05, 4.69) is 9.97 Å². The van der Waals surface area contributed by atoms with Crippen molar-refractivity contribution in [3.63, 3.8) is 0 Å². The summed E-state index contributed by atoms with van der Waals surface area (Å²) < 4.78 is 0. The Hall–Kier alpha value is -2.10. The largest absolute Gasteiger partial charge is 0.399 e. The van der Waals surface area contributed by atoms with Crippen LogP contribution in [0, 0.1) is 0 Å². The Morgan fingerprint density at radius 1 is 0.857 bits per heavy atom. The van der Waals surface area contributed by atoms with E-state index in [0.29, 0.717) is 5.82 Å². The van der Waals surface area contributed by atoms with Crippen LogP contribution in [-0.2, 0) is 0 Å². The van der Waals surface area contributed by atoms with Gasteiger partial charge in [-0.3, -0.25) is 4.98 Å². The molecule has 0 aliphatic carbocycles. The van der Waals surface area contributed by atoms with Gasteiger partial charge in [0.15, 0.2) is 0 Å². The molecule has 2 heterocycles. The molecular formula is C10H12N4. The van der Waals surface area contributed by atoms with E-state index >= 15 is 0 Å². The summed E-state index contributed by atoms with van der Waals surface area (Å²) in [6.07, 6.45) is 4.99. The Labute approximate surface area is 82.6 Å². The summed E-state index contributed by atoms with van der Waals surface area (Å²) in [6, 6.07) is 8.93. The highest BCUT2D eigenvalue weighted by molar-refractivity contribution is 5.33. The van der Waals surface area contributed by atoms with Gasteiger partial charge in [-0.15, -0.1) is 0 Å². The van der Waals surface area contributed by atoms with Gasteiger partial charge in [0.2, 0.25) is 0 Å². The average Bonchev–Trinajstić information content (AvgIpc) is 2.21. The zero-order chi connectivity index (χ0) is 10.2. The van der Waals surface area contributed by atoms with E-state index in [9.17, 15) is 0 Å². The van der Waals surface area contributed by atoms with Gasteiger partial charge in [-0.1, -0.05) is 6.07 Å². The van der Waals surface area contributed by atoms with E-state index in [1.165, 1.54) is 0 Å². The molecule has 0 aliphatic rings. The normalized spacial score (nSPS) is 8.57. The lowest BCUT2D eigenvalue weighted by Gasteiger charge is -1.83. The lowest BCUT2D eigenvalue weighted by molar-refractivity contribution is 1.33. The van der Waals surface area contributed by atoms with E-state index in [1.54, 1.807) is 36.8 Å². The van der Waals surface area contributed by atoms with Crippen LogP contribution in [0.5, 0.6) is 0 Å². The molecular weight excluding hydrogens is 176 g/mol. The van der Waals surface area contributed by atoms with Crippen LogP contribution in [0.15, 0.2) is 48.9 Å². The van der Waals surface area contributed by atoms with Crippen molar-refractivity contribution in [2.75, 3.05) is 11.5 Å². The van der Waals surface area contributed by atoms with Crippen molar-refractivity contribution in [1.82, 2.24) is 9.97 Å². The van der Waals surface area contributed by atoms with E-state index < -0.39 is 0 Å². The maximum absolute atomic E-state index is 5.32. The molecule has 0 unspecified atom stereocenters. The predicted octanol–water partition coefficient (Wildman–Crippen LogP) is 1.33. The smallest absolute Gasteiger partial charge is 0.123 e. The molecule has 0 saturated carbocycles. The average molecular weight is 188 g/mol. The zero-order valence-electron chi connectivity index (χ0n) is 7.67. The molecule has 72 valence electrons. The topological polar surface area (TPSA) is 77.8 Å². The van der Waals surface area contributed by atoms with Crippen LogP contribution in [0.2, 0.25) is 0 Å². The summed E-state index contributed by atoms with van der Waals surface area (Å²) in [4.78, 5) is 7.52. The number of nitrogens with two attached hydrogens (primary N) is 2. The summed E-state index contributed by atoms with van der Waals surface area (Å²) in [5.41, 5.74) is 11.3. The van der Waals surface area contributed by atoms with Gasteiger partial charge in [-0.05, 0) is 24.3 Å². The van der Waals surface area contributed by atoms with E-state index in [-0.39, 0.29) is 0 Å². The van der Waals surface area contributed by atoms with Crippen molar-refractivity contribution < 1.29 is 0 Å². The van der Waals surface area contributed by atoms with Crippen molar-refractivity contribution in [1.29, 1.82) is 0 Å². The standard InChI is InChI=1S/2C5H6N2/c6-5-1-3-7-4-2-5;6-5-3-1-2-4-7-5/h2*1-4H,(H2,6,7). The fraction of sp³-hybridized carbons (Fsp3) is 0. The number of aromatic nitrogens is 2. The first-order valence-electron chi connectivity index (χ1n) is 4.11. The van der Waals surface area contributed by atoms with Crippen LogP contribution in [0.1, 0.15) is 0 Å². The van der Waals surface area contributed by atoms with Crippen molar-refractivity contribution in [3.8, 4) is 0 Å².